The van der Waals surface area contributed by atoms with Crippen LogP contribution in [-0.4, -0.2) is 28.5 Å². The van der Waals surface area contributed by atoms with Gasteiger partial charge in [0.05, 0.1) is 24.2 Å². The van der Waals surface area contributed by atoms with Gasteiger partial charge in [-0.1, -0.05) is 0 Å². The maximum atomic E-state index is 11.3. The highest BCUT2D eigenvalue weighted by molar-refractivity contribution is 9.10. The first-order chi connectivity index (χ1) is 7.15. The van der Waals surface area contributed by atoms with Gasteiger partial charge in [-0.2, -0.15) is 12.6 Å². The Hall–Kier alpha value is -0.530. The number of hydrogen-bond acceptors (Lipinski definition) is 4. The molecular formula is C8H11BrN2O3S. The Morgan fingerprint density at radius 2 is 2.20 bits per heavy atom. The Morgan fingerprint density at radius 3 is 2.87 bits per heavy atom. The van der Waals surface area contributed by atoms with Gasteiger partial charge >= 0.3 is 5.69 Å². The number of nitrogens with one attached hydrogen (secondary N) is 1. The minimum atomic E-state index is -0.433. The number of aromatic amines is 1. The van der Waals surface area contributed by atoms with Gasteiger partial charge in [0.1, 0.15) is 0 Å². The van der Waals surface area contributed by atoms with Crippen LogP contribution in [0, 0.1) is 0 Å². The van der Waals surface area contributed by atoms with Crippen LogP contribution in [0.25, 0.3) is 0 Å². The van der Waals surface area contributed by atoms with E-state index in [9.17, 15) is 9.59 Å². The molecule has 0 bridgehead atoms. The maximum Gasteiger partial charge on any atom is 0.328 e. The fraction of sp³-hybridized carbons (Fsp3) is 0.500. The predicted octanol–water partition coefficient (Wildman–Crippen LogP) is 0.245. The summed E-state index contributed by atoms with van der Waals surface area (Å²) in [4.78, 5) is 24.5. The van der Waals surface area contributed by atoms with Crippen LogP contribution in [0.5, 0.6) is 0 Å². The average Bonchev–Trinajstić information content (AvgIpc) is 2.20. The molecule has 0 spiro atoms. The molecule has 84 valence electrons. The van der Waals surface area contributed by atoms with E-state index in [1.54, 1.807) is 0 Å². The molecule has 1 rings (SSSR count). The summed E-state index contributed by atoms with van der Waals surface area (Å²) < 4.78 is 6.88. The second-order valence-electron chi connectivity index (χ2n) is 2.77. The fourth-order valence-electron chi connectivity index (χ4n) is 0.978. The van der Waals surface area contributed by atoms with Crippen molar-refractivity contribution < 1.29 is 4.74 Å². The summed E-state index contributed by atoms with van der Waals surface area (Å²) in [5.74, 6) is 0.643. The highest BCUT2D eigenvalue weighted by Crippen LogP contribution is 1.97. The van der Waals surface area contributed by atoms with E-state index in [4.69, 9.17) is 4.74 Å². The smallest absolute Gasteiger partial charge is 0.328 e. The third-order valence-corrected chi connectivity index (χ3v) is 2.43. The van der Waals surface area contributed by atoms with Crippen molar-refractivity contribution in [2.75, 3.05) is 19.0 Å². The maximum absolute atomic E-state index is 11.3. The second kappa shape index (κ2) is 6.14. The second-order valence-corrected chi connectivity index (χ2v) is 4.07. The molecule has 0 aromatic carbocycles. The van der Waals surface area contributed by atoms with E-state index in [1.165, 1.54) is 10.8 Å². The molecule has 15 heavy (non-hydrogen) atoms. The Bertz CT molecular complexity index is 429. The highest BCUT2D eigenvalue weighted by atomic mass is 79.9. The Morgan fingerprint density at radius 1 is 1.47 bits per heavy atom. The predicted molar refractivity (Wildman–Crippen MR) is 63.7 cm³/mol. The summed E-state index contributed by atoms with van der Waals surface area (Å²) in [6.07, 6.45) is 1.45. The summed E-state index contributed by atoms with van der Waals surface area (Å²) in [5.41, 5.74) is -0.856. The zero-order valence-electron chi connectivity index (χ0n) is 7.90. The molecule has 0 radical (unpaired) electrons. The summed E-state index contributed by atoms with van der Waals surface area (Å²) in [6, 6.07) is 0. The van der Waals surface area contributed by atoms with Crippen molar-refractivity contribution in [2.45, 2.75) is 6.54 Å². The zero-order valence-corrected chi connectivity index (χ0v) is 10.4. The summed E-state index contributed by atoms with van der Waals surface area (Å²) in [6.45, 7) is 1.36. The molecule has 0 atom stereocenters. The first kappa shape index (κ1) is 12.5. The number of halogens is 1. The minimum absolute atomic E-state index is 0.330. The van der Waals surface area contributed by atoms with Crippen molar-refractivity contribution >= 4 is 28.6 Å². The van der Waals surface area contributed by atoms with Gasteiger partial charge in [0.25, 0.3) is 5.56 Å². The molecular weight excluding hydrogens is 284 g/mol. The number of H-pyrrole nitrogens is 1. The molecule has 7 heteroatoms. The van der Waals surface area contributed by atoms with Gasteiger partial charge in [0.2, 0.25) is 0 Å². The van der Waals surface area contributed by atoms with Gasteiger partial charge in [-0.05, 0) is 15.9 Å². The lowest BCUT2D eigenvalue weighted by molar-refractivity contribution is 0.140. The van der Waals surface area contributed by atoms with Crippen LogP contribution in [-0.2, 0) is 11.3 Å². The molecule has 1 heterocycles. The van der Waals surface area contributed by atoms with E-state index in [0.29, 0.717) is 30.0 Å². The molecule has 1 aromatic heterocycles. The number of rotatable bonds is 5. The minimum Gasteiger partial charge on any atom is -0.379 e. The summed E-state index contributed by atoms with van der Waals surface area (Å²) in [7, 11) is 0. The standard InChI is InChI=1S/C8H11BrN2O3S/c9-6-5-11(1-2-14-3-4-15)8(13)10-7(6)12/h5,15H,1-4H2,(H,10,12,13). The van der Waals surface area contributed by atoms with Crippen molar-refractivity contribution in [3.63, 3.8) is 0 Å². The van der Waals surface area contributed by atoms with Gasteiger partial charge in [-0.3, -0.25) is 14.3 Å². The van der Waals surface area contributed by atoms with Crippen LogP contribution in [0.1, 0.15) is 0 Å². The fourth-order valence-corrected chi connectivity index (χ4v) is 1.45. The van der Waals surface area contributed by atoms with Crippen molar-refractivity contribution in [1.82, 2.24) is 9.55 Å². The quantitative estimate of drug-likeness (QED) is 0.604. The largest absolute Gasteiger partial charge is 0.379 e. The van der Waals surface area contributed by atoms with Crippen molar-refractivity contribution in [1.29, 1.82) is 0 Å². The van der Waals surface area contributed by atoms with E-state index in [1.807, 2.05) is 0 Å². The molecule has 0 aliphatic rings. The molecule has 0 saturated heterocycles. The van der Waals surface area contributed by atoms with Crippen LogP contribution >= 0.6 is 28.6 Å². The number of hydrogen-bond donors (Lipinski definition) is 2. The van der Waals surface area contributed by atoms with Crippen LogP contribution in [0.2, 0.25) is 0 Å². The normalized spacial score (nSPS) is 10.5. The first-order valence-corrected chi connectivity index (χ1v) is 5.75. The molecule has 0 saturated carbocycles. The monoisotopic (exact) mass is 294 g/mol. The lowest BCUT2D eigenvalue weighted by Crippen LogP contribution is -2.31. The van der Waals surface area contributed by atoms with Gasteiger partial charge < -0.3 is 4.74 Å². The number of ether oxygens (including phenoxy) is 1. The third kappa shape index (κ3) is 3.84. The first-order valence-electron chi connectivity index (χ1n) is 4.33. The Kier molecular flexibility index (Phi) is 5.13. The van der Waals surface area contributed by atoms with Gasteiger partial charge in [0, 0.05) is 11.9 Å². The average molecular weight is 295 g/mol. The van der Waals surface area contributed by atoms with Crippen LogP contribution in [0.4, 0.5) is 0 Å². The topological polar surface area (TPSA) is 64.1 Å². The van der Waals surface area contributed by atoms with Crippen LogP contribution < -0.4 is 11.2 Å². The van der Waals surface area contributed by atoms with E-state index in [-0.39, 0.29) is 0 Å². The third-order valence-electron chi connectivity index (χ3n) is 1.68. The number of thiol groups is 1. The lowest BCUT2D eigenvalue weighted by Gasteiger charge is -2.05. The SMILES string of the molecule is O=c1[nH]c(=O)n(CCOCCS)cc1Br. The van der Waals surface area contributed by atoms with Crippen LogP contribution in [0.15, 0.2) is 20.3 Å². The molecule has 0 amide bonds. The van der Waals surface area contributed by atoms with Gasteiger partial charge in [-0.15, -0.1) is 0 Å². The highest BCUT2D eigenvalue weighted by Gasteiger charge is 2.01. The van der Waals surface area contributed by atoms with E-state index >= 15 is 0 Å². The molecule has 5 nitrogen and oxygen atoms in total. The van der Waals surface area contributed by atoms with Crippen molar-refractivity contribution in [2.24, 2.45) is 0 Å². The van der Waals surface area contributed by atoms with Gasteiger partial charge in [0.15, 0.2) is 0 Å². The Balaban J connectivity index is 2.66. The molecule has 0 aliphatic carbocycles. The molecule has 0 aliphatic heterocycles. The van der Waals surface area contributed by atoms with Crippen molar-refractivity contribution in [3.05, 3.63) is 31.5 Å². The number of aromatic nitrogens is 2. The molecule has 0 fully saturated rings. The van der Waals surface area contributed by atoms with Gasteiger partial charge in [-0.25, -0.2) is 4.79 Å². The van der Waals surface area contributed by atoms with E-state index in [2.05, 4.69) is 33.5 Å². The van der Waals surface area contributed by atoms with E-state index in [0.717, 1.165) is 0 Å². The Labute approximate surface area is 100.0 Å². The zero-order chi connectivity index (χ0) is 11.3. The number of nitrogens with zero attached hydrogens (tertiary/aromatic N) is 1. The summed E-state index contributed by atoms with van der Waals surface area (Å²) >= 11 is 7.03. The van der Waals surface area contributed by atoms with E-state index < -0.39 is 11.2 Å². The lowest BCUT2D eigenvalue weighted by atomic mass is 10.6. The molecule has 1 N–H and O–H groups in total. The molecule has 1 aromatic rings. The van der Waals surface area contributed by atoms with Crippen LogP contribution in [0.3, 0.4) is 0 Å². The molecule has 0 unspecified atom stereocenters. The summed E-state index contributed by atoms with van der Waals surface area (Å²) in [5, 5.41) is 0. The van der Waals surface area contributed by atoms with Crippen molar-refractivity contribution in [3.8, 4) is 0 Å².